The number of ether oxygens (including phenoxy) is 1. The van der Waals surface area contributed by atoms with Crippen molar-refractivity contribution in [3.05, 3.63) is 45.5 Å². The number of carboxylic acid groups (broad SMARTS) is 1. The van der Waals surface area contributed by atoms with E-state index < -0.39 is 23.8 Å². The fourth-order valence-electron chi connectivity index (χ4n) is 2.92. The third-order valence-corrected chi connectivity index (χ3v) is 4.35. The highest BCUT2D eigenvalue weighted by Crippen LogP contribution is 2.40. The maximum Gasteiger partial charge on any atom is 0.341 e. The van der Waals surface area contributed by atoms with Crippen LogP contribution in [0, 0.1) is 6.92 Å². The number of carbonyl (C=O) groups excluding carboxylic acids is 1. The summed E-state index contributed by atoms with van der Waals surface area (Å²) in [5, 5.41) is 8.70. The molecule has 8 heteroatoms. The molecule has 1 aromatic rings. The molecule has 2 rings (SSSR count). The first-order valence-electron chi connectivity index (χ1n) is 7.84. The maximum atomic E-state index is 14.2. The summed E-state index contributed by atoms with van der Waals surface area (Å²) in [7, 11) is 0. The number of carboxylic acids is 1. The second kappa shape index (κ2) is 7.63. The summed E-state index contributed by atoms with van der Waals surface area (Å²) in [6.45, 7) is 2.96. The van der Waals surface area contributed by atoms with E-state index in [9.17, 15) is 22.8 Å². The van der Waals surface area contributed by atoms with Crippen LogP contribution in [-0.4, -0.2) is 17.0 Å². The highest BCUT2D eigenvalue weighted by Gasteiger charge is 2.32. The van der Waals surface area contributed by atoms with E-state index in [0.717, 1.165) is 0 Å². The summed E-state index contributed by atoms with van der Waals surface area (Å²) < 4.78 is 44.9. The quantitative estimate of drug-likeness (QED) is 0.447. The van der Waals surface area contributed by atoms with E-state index in [4.69, 9.17) is 15.6 Å². The molecule has 5 nitrogen and oxygen atoms in total. The van der Waals surface area contributed by atoms with Gasteiger partial charge in [-0.15, -0.1) is 0 Å². The van der Waals surface area contributed by atoms with E-state index >= 15 is 0 Å². The Morgan fingerprint density at radius 3 is 2.54 bits per heavy atom. The van der Waals surface area contributed by atoms with Gasteiger partial charge < -0.3 is 15.6 Å². The Labute approximate surface area is 147 Å². The van der Waals surface area contributed by atoms with Crippen molar-refractivity contribution < 1.29 is 32.6 Å². The van der Waals surface area contributed by atoms with E-state index in [2.05, 4.69) is 0 Å². The van der Waals surface area contributed by atoms with Crippen LogP contribution in [0.25, 0.3) is 5.83 Å². The number of halogens is 3. The molecular weight excluding hydrogens is 351 g/mol. The normalized spacial score (nSPS) is 13.4. The van der Waals surface area contributed by atoms with Gasteiger partial charge in [-0.25, -0.2) is 9.18 Å². The molecule has 1 aromatic carbocycles. The van der Waals surface area contributed by atoms with Gasteiger partial charge in [-0.3, -0.25) is 4.79 Å². The van der Waals surface area contributed by atoms with Crippen molar-refractivity contribution in [1.82, 2.24) is 0 Å². The Morgan fingerprint density at radius 2 is 1.96 bits per heavy atom. The summed E-state index contributed by atoms with van der Waals surface area (Å²) in [5.41, 5.74) is 6.83. The number of nitrogen functional groups attached to an aromatic ring is 1. The van der Waals surface area contributed by atoms with E-state index in [0.29, 0.717) is 11.1 Å². The van der Waals surface area contributed by atoms with Crippen LogP contribution in [0.2, 0.25) is 0 Å². The average Bonchev–Trinajstić information content (AvgIpc) is 2.96. The maximum absolute atomic E-state index is 14.2. The van der Waals surface area contributed by atoms with Crippen LogP contribution >= 0.6 is 0 Å². The fraction of sp³-hybridized carbons (Fsp3) is 0.333. The Bertz CT molecular complexity index is 840. The molecule has 0 unspecified atom stereocenters. The van der Waals surface area contributed by atoms with Gasteiger partial charge in [0.2, 0.25) is 0 Å². The minimum absolute atomic E-state index is 0.0191. The van der Waals surface area contributed by atoms with Crippen molar-refractivity contribution in [3.63, 3.8) is 0 Å². The van der Waals surface area contributed by atoms with Crippen LogP contribution in [0.4, 0.5) is 18.9 Å². The zero-order chi connectivity index (χ0) is 19.6. The largest absolute Gasteiger partial charge is 0.481 e. The Kier molecular flexibility index (Phi) is 5.74. The number of anilines is 1. The van der Waals surface area contributed by atoms with Gasteiger partial charge >= 0.3 is 18.0 Å². The molecule has 0 amide bonds. The highest BCUT2D eigenvalue weighted by atomic mass is 19.3. The lowest BCUT2D eigenvalue weighted by atomic mass is 9.89. The number of nitrogens with two attached hydrogens (primary N) is 1. The number of aliphatic carboxylic acids is 1. The number of rotatable bonds is 6. The van der Waals surface area contributed by atoms with Crippen molar-refractivity contribution in [2.45, 2.75) is 39.7 Å². The first-order valence-corrected chi connectivity index (χ1v) is 7.84. The van der Waals surface area contributed by atoms with Gasteiger partial charge in [-0.05, 0) is 37.8 Å². The first kappa shape index (κ1) is 19.6. The van der Waals surface area contributed by atoms with Gasteiger partial charge in [0.25, 0.3) is 0 Å². The number of hydrogen-bond acceptors (Lipinski definition) is 4. The van der Waals surface area contributed by atoms with Crippen LogP contribution in [-0.2, 0) is 22.6 Å². The summed E-state index contributed by atoms with van der Waals surface area (Å²) >= 11 is 0. The summed E-state index contributed by atoms with van der Waals surface area (Å²) in [5.74, 6) is -3.34. The molecule has 0 atom stereocenters. The molecule has 0 aromatic heterocycles. The van der Waals surface area contributed by atoms with E-state index in [1.54, 1.807) is 13.0 Å². The zero-order valence-electron chi connectivity index (χ0n) is 14.3. The second-order valence-electron chi connectivity index (χ2n) is 6.04. The second-order valence-corrected chi connectivity index (χ2v) is 6.04. The lowest BCUT2D eigenvalue weighted by molar-refractivity contribution is -0.136. The summed E-state index contributed by atoms with van der Waals surface area (Å²) in [6.07, 6.45) is -0.743. The molecular formula is C18H18F3NO4. The molecule has 0 fully saturated rings. The number of esters is 1. The first-order chi connectivity index (χ1) is 12.1. The fourth-order valence-corrected chi connectivity index (χ4v) is 2.92. The van der Waals surface area contributed by atoms with Gasteiger partial charge in [0.1, 0.15) is 6.61 Å². The molecule has 26 heavy (non-hydrogen) atoms. The lowest BCUT2D eigenvalue weighted by Gasteiger charge is -2.16. The van der Waals surface area contributed by atoms with Gasteiger partial charge in [0.05, 0.1) is 11.3 Å². The van der Waals surface area contributed by atoms with E-state index in [-0.39, 0.29) is 53.8 Å². The summed E-state index contributed by atoms with van der Waals surface area (Å²) in [6, 6.07) is 0. The van der Waals surface area contributed by atoms with Crippen molar-refractivity contribution in [3.8, 4) is 0 Å². The summed E-state index contributed by atoms with van der Waals surface area (Å²) in [4.78, 5) is 22.5. The number of fused-ring (bicyclic) bond motifs is 1. The van der Waals surface area contributed by atoms with Crippen molar-refractivity contribution in [1.29, 1.82) is 0 Å². The van der Waals surface area contributed by atoms with Crippen molar-refractivity contribution in [2.75, 3.05) is 5.73 Å². The topological polar surface area (TPSA) is 89.6 Å². The number of hydrogen-bond donors (Lipinski definition) is 2. The molecule has 3 N–H and O–H groups in total. The number of cyclic esters (lactones) is 1. The highest BCUT2D eigenvalue weighted by molar-refractivity contribution is 6.01. The van der Waals surface area contributed by atoms with Crippen LogP contribution < -0.4 is 5.73 Å². The molecule has 0 radical (unpaired) electrons. The van der Waals surface area contributed by atoms with E-state index in [1.165, 1.54) is 6.92 Å². The monoisotopic (exact) mass is 369 g/mol. The van der Waals surface area contributed by atoms with Crippen LogP contribution in [0.15, 0.2) is 17.7 Å². The number of carbonyl (C=O) groups is 2. The third kappa shape index (κ3) is 3.74. The van der Waals surface area contributed by atoms with Gasteiger partial charge in [-0.1, -0.05) is 11.6 Å². The van der Waals surface area contributed by atoms with E-state index in [1.807, 2.05) is 0 Å². The van der Waals surface area contributed by atoms with Crippen LogP contribution in [0.3, 0.4) is 0 Å². The lowest BCUT2D eigenvalue weighted by Crippen LogP contribution is -2.09. The minimum Gasteiger partial charge on any atom is -0.481 e. The Morgan fingerprint density at radius 1 is 1.31 bits per heavy atom. The molecule has 1 aliphatic rings. The Hall–Kier alpha value is -2.77. The Balaban J connectivity index is 2.57. The minimum atomic E-state index is -2.48. The SMILES string of the molecule is CC(=CCc1c(N)c2c(c(C)c1C(F)=C(F)F)COC2=O)CCC(=O)O. The molecule has 0 spiro atoms. The molecule has 0 saturated heterocycles. The average molecular weight is 369 g/mol. The van der Waals surface area contributed by atoms with Gasteiger partial charge in [0, 0.05) is 17.5 Å². The van der Waals surface area contributed by atoms with Crippen molar-refractivity contribution >= 4 is 23.5 Å². The molecule has 0 bridgehead atoms. The molecule has 1 aliphatic heterocycles. The number of benzene rings is 1. The van der Waals surface area contributed by atoms with Crippen LogP contribution in [0.5, 0.6) is 0 Å². The number of allylic oxidation sites excluding steroid dienone is 2. The molecule has 1 heterocycles. The van der Waals surface area contributed by atoms with Crippen molar-refractivity contribution in [2.24, 2.45) is 0 Å². The van der Waals surface area contributed by atoms with Gasteiger partial charge in [0.15, 0.2) is 5.83 Å². The molecule has 0 aliphatic carbocycles. The standard InChI is InChI=1S/C18H18F3NO4/c1-8(4-6-12(23)24)3-5-10-13(15(19)17(20)21)9(2)11-7-26-18(25)14(11)16(10)22/h3H,4-7,22H2,1-2H3,(H,23,24). The zero-order valence-corrected chi connectivity index (χ0v) is 14.3. The van der Waals surface area contributed by atoms with Gasteiger partial charge in [-0.2, -0.15) is 8.78 Å². The third-order valence-electron chi connectivity index (χ3n) is 4.35. The molecule has 0 saturated carbocycles. The molecule has 140 valence electrons. The van der Waals surface area contributed by atoms with Crippen LogP contribution in [0.1, 0.15) is 52.4 Å². The predicted octanol–water partition coefficient (Wildman–Crippen LogP) is 4.14. The predicted molar refractivity (Wildman–Crippen MR) is 89.3 cm³/mol. The smallest absolute Gasteiger partial charge is 0.341 e.